The number of hydrogen-bond acceptors (Lipinski definition) is 3. The molecule has 7 heteroatoms. The van der Waals surface area contributed by atoms with E-state index < -0.39 is 12.2 Å². The number of pyridine rings is 1. The lowest BCUT2D eigenvalue weighted by Gasteiger charge is -2.10. The number of hydrogen-bond donors (Lipinski definition) is 0. The third kappa shape index (κ3) is 3.17. The number of benzene rings is 1. The molecule has 0 bridgehead atoms. The zero-order chi connectivity index (χ0) is 14.8. The molecule has 1 aromatic heterocycles. The van der Waals surface area contributed by atoms with Crippen molar-refractivity contribution in [3.8, 4) is 22.8 Å². The molecule has 20 heavy (non-hydrogen) atoms. The van der Waals surface area contributed by atoms with Crippen LogP contribution in [0.3, 0.4) is 0 Å². The number of rotatable bonds is 3. The fourth-order valence-electron chi connectivity index (χ4n) is 1.63. The highest BCUT2D eigenvalue weighted by atomic mass is 19.4. The van der Waals surface area contributed by atoms with Crippen molar-refractivity contribution in [3.05, 3.63) is 42.3 Å². The Morgan fingerprint density at radius 3 is 2.25 bits per heavy atom. The van der Waals surface area contributed by atoms with Crippen LogP contribution in [-0.4, -0.2) is 18.5 Å². The van der Waals surface area contributed by atoms with Gasteiger partial charge in [0, 0.05) is 11.8 Å². The lowest BCUT2D eigenvalue weighted by atomic mass is 10.1. The normalized spacial score (nSPS) is 11.2. The van der Waals surface area contributed by atoms with E-state index in [1.807, 2.05) is 0 Å². The van der Waals surface area contributed by atoms with Crippen LogP contribution in [0.4, 0.5) is 17.6 Å². The Morgan fingerprint density at radius 1 is 1.05 bits per heavy atom. The molecule has 0 atom stereocenters. The topological polar surface area (TPSA) is 31.4 Å². The molecule has 106 valence electrons. The molecule has 0 aliphatic carbocycles. The molecular formula is C13H9F4NO2. The molecule has 0 aliphatic rings. The Kier molecular flexibility index (Phi) is 3.78. The predicted molar refractivity (Wildman–Crippen MR) is 62.9 cm³/mol. The number of aromatic nitrogens is 1. The Bertz CT molecular complexity index is 596. The van der Waals surface area contributed by atoms with E-state index in [2.05, 4.69) is 9.72 Å². The van der Waals surface area contributed by atoms with Gasteiger partial charge in [0.25, 0.3) is 5.88 Å². The number of alkyl halides is 3. The Hall–Kier alpha value is -2.31. The van der Waals surface area contributed by atoms with E-state index in [1.54, 1.807) is 0 Å². The van der Waals surface area contributed by atoms with Gasteiger partial charge in [0.05, 0.1) is 7.11 Å². The molecule has 0 saturated carbocycles. The van der Waals surface area contributed by atoms with Gasteiger partial charge in [0.15, 0.2) is 5.82 Å². The highest BCUT2D eigenvalue weighted by Crippen LogP contribution is 2.30. The first-order chi connectivity index (χ1) is 9.40. The lowest BCUT2D eigenvalue weighted by molar-refractivity contribution is -0.274. The van der Waals surface area contributed by atoms with Gasteiger partial charge in [-0.05, 0) is 23.8 Å². The van der Waals surface area contributed by atoms with E-state index in [1.165, 1.54) is 31.5 Å². The summed E-state index contributed by atoms with van der Waals surface area (Å²) in [6.45, 7) is 0. The van der Waals surface area contributed by atoms with Crippen LogP contribution in [-0.2, 0) is 0 Å². The van der Waals surface area contributed by atoms with E-state index >= 15 is 0 Å². The summed E-state index contributed by atoms with van der Waals surface area (Å²) < 4.78 is 58.5. The summed E-state index contributed by atoms with van der Waals surface area (Å²) in [5.74, 6) is -1.24. The Labute approximate surface area is 111 Å². The first kappa shape index (κ1) is 14.1. The largest absolute Gasteiger partial charge is 0.573 e. The number of nitrogens with zero attached hydrogens (tertiary/aromatic N) is 1. The van der Waals surface area contributed by atoms with Gasteiger partial charge in [-0.2, -0.15) is 0 Å². The lowest BCUT2D eigenvalue weighted by Crippen LogP contribution is -2.16. The van der Waals surface area contributed by atoms with Crippen molar-refractivity contribution in [2.24, 2.45) is 0 Å². The standard InChI is InChI=1S/C13H9F4NO2/c1-19-12-11(14)10(6-7-18-12)8-2-4-9(5-3-8)20-13(15,16)17/h2-7H,1H3. The van der Waals surface area contributed by atoms with Crippen molar-refractivity contribution in [2.75, 3.05) is 7.11 Å². The molecule has 0 aliphatic heterocycles. The summed E-state index contributed by atoms with van der Waals surface area (Å²) in [5, 5.41) is 0. The minimum absolute atomic E-state index is 0.176. The molecular weight excluding hydrogens is 278 g/mol. The summed E-state index contributed by atoms with van der Waals surface area (Å²) >= 11 is 0. The van der Waals surface area contributed by atoms with Gasteiger partial charge in [-0.3, -0.25) is 0 Å². The van der Waals surface area contributed by atoms with Gasteiger partial charge in [-0.25, -0.2) is 9.37 Å². The molecule has 0 fully saturated rings. The second-order valence-corrected chi connectivity index (χ2v) is 3.75. The van der Waals surface area contributed by atoms with Crippen LogP contribution in [0.5, 0.6) is 11.6 Å². The van der Waals surface area contributed by atoms with Gasteiger partial charge in [-0.1, -0.05) is 12.1 Å². The molecule has 0 unspecified atom stereocenters. The van der Waals surface area contributed by atoms with E-state index in [4.69, 9.17) is 4.74 Å². The molecule has 0 radical (unpaired) electrons. The summed E-state index contributed by atoms with van der Waals surface area (Å²) in [6, 6.07) is 6.25. The van der Waals surface area contributed by atoms with E-state index in [9.17, 15) is 17.6 Å². The molecule has 0 saturated heterocycles. The zero-order valence-corrected chi connectivity index (χ0v) is 10.2. The highest BCUT2D eigenvalue weighted by Gasteiger charge is 2.31. The zero-order valence-electron chi connectivity index (χ0n) is 10.2. The summed E-state index contributed by atoms with van der Waals surface area (Å²) in [6.07, 6.45) is -3.41. The second kappa shape index (κ2) is 5.36. The van der Waals surface area contributed by atoms with Crippen LogP contribution in [0.25, 0.3) is 11.1 Å². The van der Waals surface area contributed by atoms with Crippen molar-refractivity contribution in [2.45, 2.75) is 6.36 Å². The Morgan fingerprint density at radius 2 is 1.70 bits per heavy atom. The van der Waals surface area contributed by atoms with E-state index in [0.29, 0.717) is 5.56 Å². The van der Waals surface area contributed by atoms with Crippen LogP contribution in [0.1, 0.15) is 0 Å². The number of halogens is 4. The monoisotopic (exact) mass is 287 g/mol. The minimum atomic E-state index is -4.76. The molecule has 2 rings (SSSR count). The molecule has 1 heterocycles. The van der Waals surface area contributed by atoms with Crippen LogP contribution < -0.4 is 9.47 Å². The third-order valence-corrected chi connectivity index (χ3v) is 2.45. The number of ether oxygens (including phenoxy) is 2. The Balaban J connectivity index is 2.31. The molecule has 1 aromatic carbocycles. The first-order valence-corrected chi connectivity index (χ1v) is 5.45. The van der Waals surface area contributed by atoms with Crippen molar-refractivity contribution < 1.29 is 27.0 Å². The summed E-state index contributed by atoms with van der Waals surface area (Å²) in [7, 11) is 1.27. The van der Waals surface area contributed by atoms with Crippen LogP contribution in [0, 0.1) is 5.82 Å². The van der Waals surface area contributed by atoms with Gasteiger partial charge in [0.1, 0.15) is 5.75 Å². The second-order valence-electron chi connectivity index (χ2n) is 3.75. The van der Waals surface area contributed by atoms with E-state index in [-0.39, 0.29) is 17.2 Å². The maximum Gasteiger partial charge on any atom is 0.573 e. The van der Waals surface area contributed by atoms with Gasteiger partial charge < -0.3 is 9.47 Å². The molecule has 0 spiro atoms. The average Bonchev–Trinajstić information content (AvgIpc) is 2.38. The fourth-order valence-corrected chi connectivity index (χ4v) is 1.63. The first-order valence-electron chi connectivity index (χ1n) is 5.45. The van der Waals surface area contributed by atoms with Gasteiger partial charge in [-0.15, -0.1) is 13.2 Å². The molecule has 3 nitrogen and oxygen atoms in total. The third-order valence-electron chi connectivity index (χ3n) is 2.45. The van der Waals surface area contributed by atoms with Crippen molar-refractivity contribution in [1.82, 2.24) is 4.98 Å². The predicted octanol–water partition coefficient (Wildman–Crippen LogP) is 3.79. The highest BCUT2D eigenvalue weighted by molar-refractivity contribution is 5.65. The maximum atomic E-state index is 13.9. The number of methoxy groups -OCH3 is 1. The molecule has 0 N–H and O–H groups in total. The van der Waals surface area contributed by atoms with Crippen LogP contribution in [0.2, 0.25) is 0 Å². The van der Waals surface area contributed by atoms with Crippen LogP contribution in [0.15, 0.2) is 36.5 Å². The molecule has 2 aromatic rings. The van der Waals surface area contributed by atoms with E-state index in [0.717, 1.165) is 12.1 Å². The quantitative estimate of drug-likeness (QED) is 0.805. The van der Waals surface area contributed by atoms with Crippen molar-refractivity contribution in [3.63, 3.8) is 0 Å². The summed E-state index contributed by atoms with van der Waals surface area (Å²) in [5.41, 5.74) is 0.563. The minimum Gasteiger partial charge on any atom is -0.479 e. The smallest absolute Gasteiger partial charge is 0.479 e. The average molecular weight is 287 g/mol. The fraction of sp³-hybridized carbons (Fsp3) is 0.154. The van der Waals surface area contributed by atoms with Crippen LogP contribution >= 0.6 is 0 Å². The van der Waals surface area contributed by atoms with Crippen molar-refractivity contribution in [1.29, 1.82) is 0 Å². The summed E-state index contributed by atoms with van der Waals surface area (Å²) in [4.78, 5) is 3.68. The van der Waals surface area contributed by atoms with Crippen molar-refractivity contribution >= 4 is 0 Å². The SMILES string of the molecule is COc1nccc(-c2ccc(OC(F)(F)F)cc2)c1F. The maximum absolute atomic E-state index is 13.9. The van der Waals surface area contributed by atoms with Gasteiger partial charge in [0.2, 0.25) is 0 Å². The van der Waals surface area contributed by atoms with Gasteiger partial charge >= 0.3 is 6.36 Å². The molecule has 0 amide bonds.